The molecular weight excluding hydrogens is 340 g/mol. The van der Waals surface area contributed by atoms with E-state index in [1.807, 2.05) is 12.1 Å². The summed E-state index contributed by atoms with van der Waals surface area (Å²) in [7, 11) is 2.87. The molecule has 0 saturated heterocycles. The minimum atomic E-state index is -0.264. The molecule has 0 bridgehead atoms. The lowest BCUT2D eigenvalue weighted by atomic mass is 10.0. The summed E-state index contributed by atoms with van der Waals surface area (Å²) in [6, 6.07) is 7.75. The number of hydrogen-bond donors (Lipinski definition) is 0. The maximum absolute atomic E-state index is 11.5. The molecule has 0 spiro atoms. The zero-order valence-corrected chi connectivity index (χ0v) is 17.1. The monoisotopic (exact) mass is 376 g/mol. The Hall–Kier alpha value is -1.84. The van der Waals surface area contributed by atoms with Crippen LogP contribution in [0.3, 0.4) is 0 Å². The molecule has 1 rings (SSSR count). The predicted molar refractivity (Wildman–Crippen MR) is 109 cm³/mol. The second-order valence-corrected chi connectivity index (χ2v) is 7.16. The van der Waals surface area contributed by atoms with Crippen LogP contribution in [0.15, 0.2) is 24.3 Å². The summed E-state index contributed by atoms with van der Waals surface area (Å²) in [5, 5.41) is 0. The molecule has 0 aliphatic carbocycles. The smallest absolute Gasteiger partial charge is 0.337 e. The number of esters is 2. The standard InChI is InChI=1S/C23H36O4/c1-26-22(24)18-13-11-9-7-5-3-4-6-8-10-12-15-20-16-14-17-21(19-20)23(25)27-2/h14,16-17,19H,3-13,15,18H2,1-2H3. The summed E-state index contributed by atoms with van der Waals surface area (Å²) < 4.78 is 9.40. The third kappa shape index (κ3) is 11.5. The van der Waals surface area contributed by atoms with Crippen LogP contribution in [0.1, 0.15) is 93.0 Å². The summed E-state index contributed by atoms with van der Waals surface area (Å²) in [6.45, 7) is 0. The van der Waals surface area contributed by atoms with Gasteiger partial charge in [0.05, 0.1) is 19.8 Å². The van der Waals surface area contributed by atoms with E-state index in [0.29, 0.717) is 12.0 Å². The average Bonchev–Trinajstić information content (AvgIpc) is 2.70. The number of unbranched alkanes of at least 4 members (excludes halogenated alkanes) is 10. The first-order chi connectivity index (χ1) is 13.2. The van der Waals surface area contributed by atoms with Crippen molar-refractivity contribution in [3.05, 3.63) is 35.4 Å². The molecule has 0 aliphatic heterocycles. The second kappa shape index (κ2) is 15.2. The highest BCUT2D eigenvalue weighted by atomic mass is 16.5. The van der Waals surface area contributed by atoms with E-state index in [9.17, 15) is 9.59 Å². The number of carbonyl (C=O) groups excluding carboxylic acids is 2. The third-order valence-electron chi connectivity index (χ3n) is 4.92. The number of benzene rings is 1. The summed E-state index contributed by atoms with van der Waals surface area (Å²) in [5.41, 5.74) is 1.85. The quantitative estimate of drug-likeness (QED) is 0.284. The highest BCUT2D eigenvalue weighted by Crippen LogP contribution is 2.14. The lowest BCUT2D eigenvalue weighted by Gasteiger charge is -2.05. The maximum atomic E-state index is 11.5. The van der Waals surface area contributed by atoms with Crippen molar-refractivity contribution < 1.29 is 19.1 Å². The first kappa shape index (κ1) is 23.2. The van der Waals surface area contributed by atoms with E-state index in [1.54, 1.807) is 6.07 Å². The van der Waals surface area contributed by atoms with Crippen molar-refractivity contribution in [1.82, 2.24) is 0 Å². The largest absolute Gasteiger partial charge is 0.469 e. The van der Waals surface area contributed by atoms with Gasteiger partial charge in [-0.25, -0.2) is 4.79 Å². The summed E-state index contributed by atoms with van der Waals surface area (Å²) >= 11 is 0. The molecule has 0 radical (unpaired) electrons. The fraction of sp³-hybridized carbons (Fsp3) is 0.652. The van der Waals surface area contributed by atoms with Crippen LogP contribution in [0.5, 0.6) is 0 Å². The van der Waals surface area contributed by atoms with Crippen molar-refractivity contribution in [2.45, 2.75) is 83.5 Å². The lowest BCUT2D eigenvalue weighted by Crippen LogP contribution is -2.01. The van der Waals surface area contributed by atoms with Crippen LogP contribution in [0.2, 0.25) is 0 Å². The highest BCUT2D eigenvalue weighted by Gasteiger charge is 2.05. The van der Waals surface area contributed by atoms with Gasteiger partial charge in [0.1, 0.15) is 0 Å². The number of ether oxygens (including phenoxy) is 2. The van der Waals surface area contributed by atoms with Crippen LogP contribution in [-0.4, -0.2) is 26.2 Å². The molecule has 0 aromatic heterocycles. The van der Waals surface area contributed by atoms with E-state index in [2.05, 4.69) is 10.8 Å². The Morgan fingerprint density at radius 1 is 0.741 bits per heavy atom. The Bertz CT molecular complexity index is 539. The third-order valence-corrected chi connectivity index (χ3v) is 4.92. The van der Waals surface area contributed by atoms with E-state index in [4.69, 9.17) is 4.74 Å². The van der Waals surface area contributed by atoms with Crippen LogP contribution in [0.4, 0.5) is 0 Å². The lowest BCUT2D eigenvalue weighted by molar-refractivity contribution is -0.140. The van der Waals surface area contributed by atoms with Crippen LogP contribution in [0, 0.1) is 0 Å². The van der Waals surface area contributed by atoms with Gasteiger partial charge in [0.2, 0.25) is 0 Å². The summed E-state index contributed by atoms with van der Waals surface area (Å²) in [6.07, 6.45) is 15.1. The number of hydrogen-bond acceptors (Lipinski definition) is 4. The van der Waals surface area contributed by atoms with E-state index in [0.717, 1.165) is 19.3 Å². The fourth-order valence-corrected chi connectivity index (χ4v) is 3.26. The molecule has 1 aromatic carbocycles. The van der Waals surface area contributed by atoms with Crippen molar-refractivity contribution in [3.8, 4) is 0 Å². The van der Waals surface area contributed by atoms with Gasteiger partial charge in [0.25, 0.3) is 0 Å². The molecule has 0 N–H and O–H groups in total. The van der Waals surface area contributed by atoms with Gasteiger partial charge in [-0.05, 0) is 37.0 Å². The zero-order valence-electron chi connectivity index (χ0n) is 17.1. The van der Waals surface area contributed by atoms with Crippen molar-refractivity contribution in [1.29, 1.82) is 0 Å². The van der Waals surface area contributed by atoms with E-state index >= 15 is 0 Å². The van der Waals surface area contributed by atoms with Gasteiger partial charge in [0, 0.05) is 6.42 Å². The Balaban J connectivity index is 1.92. The SMILES string of the molecule is COC(=O)CCCCCCCCCCCCCc1cccc(C(=O)OC)c1. The number of aryl methyl sites for hydroxylation is 1. The van der Waals surface area contributed by atoms with Gasteiger partial charge in [0.15, 0.2) is 0 Å². The van der Waals surface area contributed by atoms with Crippen LogP contribution in [-0.2, 0) is 20.7 Å². The zero-order chi connectivity index (χ0) is 19.7. The Morgan fingerprint density at radius 3 is 1.85 bits per heavy atom. The Kier molecular flexibility index (Phi) is 13.1. The van der Waals surface area contributed by atoms with Crippen molar-refractivity contribution in [2.75, 3.05) is 14.2 Å². The van der Waals surface area contributed by atoms with Gasteiger partial charge in [-0.1, -0.05) is 69.9 Å². The molecular formula is C23H36O4. The molecule has 4 heteroatoms. The minimum Gasteiger partial charge on any atom is -0.469 e. The van der Waals surface area contributed by atoms with Gasteiger partial charge >= 0.3 is 11.9 Å². The molecule has 152 valence electrons. The Labute approximate surface area is 164 Å². The second-order valence-electron chi connectivity index (χ2n) is 7.16. The molecule has 0 unspecified atom stereocenters. The summed E-state index contributed by atoms with van der Waals surface area (Å²) in [4.78, 5) is 22.5. The van der Waals surface area contributed by atoms with Crippen molar-refractivity contribution in [3.63, 3.8) is 0 Å². The Morgan fingerprint density at radius 2 is 1.30 bits per heavy atom. The van der Waals surface area contributed by atoms with Gasteiger partial charge in [-0.15, -0.1) is 0 Å². The number of methoxy groups -OCH3 is 2. The minimum absolute atomic E-state index is 0.0915. The highest BCUT2D eigenvalue weighted by molar-refractivity contribution is 5.89. The molecule has 0 amide bonds. The molecule has 0 aliphatic rings. The van der Waals surface area contributed by atoms with Gasteiger partial charge in [-0.2, -0.15) is 0 Å². The van der Waals surface area contributed by atoms with E-state index in [-0.39, 0.29) is 11.9 Å². The average molecular weight is 377 g/mol. The van der Waals surface area contributed by atoms with Crippen LogP contribution < -0.4 is 0 Å². The maximum Gasteiger partial charge on any atom is 0.337 e. The first-order valence-electron chi connectivity index (χ1n) is 10.4. The molecule has 1 aromatic rings. The van der Waals surface area contributed by atoms with E-state index < -0.39 is 0 Å². The molecule has 0 atom stereocenters. The fourth-order valence-electron chi connectivity index (χ4n) is 3.26. The van der Waals surface area contributed by atoms with Gasteiger partial charge < -0.3 is 9.47 Å². The number of rotatable bonds is 15. The molecule has 0 fully saturated rings. The predicted octanol–water partition coefficient (Wildman–Crippen LogP) is 5.87. The number of carbonyl (C=O) groups is 2. The van der Waals surface area contributed by atoms with E-state index in [1.165, 1.54) is 77.6 Å². The summed E-state index contributed by atoms with van der Waals surface area (Å²) in [5.74, 6) is -0.355. The van der Waals surface area contributed by atoms with Gasteiger partial charge in [-0.3, -0.25) is 4.79 Å². The van der Waals surface area contributed by atoms with Crippen LogP contribution >= 0.6 is 0 Å². The normalized spacial score (nSPS) is 10.6. The molecule has 0 heterocycles. The molecule has 27 heavy (non-hydrogen) atoms. The van der Waals surface area contributed by atoms with Crippen molar-refractivity contribution >= 4 is 11.9 Å². The topological polar surface area (TPSA) is 52.6 Å². The molecule has 0 saturated carbocycles. The van der Waals surface area contributed by atoms with Crippen LogP contribution in [0.25, 0.3) is 0 Å². The molecule has 4 nitrogen and oxygen atoms in total. The van der Waals surface area contributed by atoms with Crippen molar-refractivity contribution in [2.24, 2.45) is 0 Å². The first-order valence-corrected chi connectivity index (χ1v) is 10.4.